The molecule has 4 aromatic carbocycles. The average Bonchev–Trinajstić information content (AvgIpc) is 3.12. The van der Waals surface area contributed by atoms with E-state index >= 15 is 0 Å². The average molecular weight is 1360 g/mol. The van der Waals surface area contributed by atoms with Crippen molar-refractivity contribution in [1.82, 2.24) is 51.9 Å². The first-order chi connectivity index (χ1) is 42.3. The van der Waals surface area contributed by atoms with Gasteiger partial charge < -0.3 is 78.7 Å². The quantitative estimate of drug-likeness (QED) is 0.00974. The van der Waals surface area contributed by atoms with Gasteiger partial charge in [0.25, 0.3) is 5.91 Å². The van der Waals surface area contributed by atoms with Gasteiger partial charge in [-0.1, -0.05) is 91.6 Å². The number of nitrogens with two attached hydrogens (primary N) is 2. The number of carbonyl (C=O) groups is 7. The van der Waals surface area contributed by atoms with Crippen LogP contribution in [-0.4, -0.2) is 217 Å². The first kappa shape index (κ1) is 74.2. The molecule has 0 aromatic heterocycles. The molecule has 0 radical (unpaired) electrons. The van der Waals surface area contributed by atoms with Gasteiger partial charge in [0.1, 0.15) is 24.2 Å². The van der Waals surface area contributed by atoms with Crippen LogP contribution in [0.25, 0.3) is 10.8 Å². The van der Waals surface area contributed by atoms with E-state index in [4.69, 9.17) is 11.5 Å². The Hall–Kier alpha value is -6.49. The second kappa shape index (κ2) is 35.9. The summed E-state index contributed by atoms with van der Waals surface area (Å²) in [5.74, 6) is -5.41. The number of benzene rings is 4. The fraction of sp³-hybridized carbons (Fsp3) is 0.474. The van der Waals surface area contributed by atoms with Crippen molar-refractivity contribution in [3.63, 3.8) is 0 Å². The number of rotatable bonds is 26. The molecule has 33 heteroatoms. The Morgan fingerprint density at radius 3 is 1.66 bits per heavy atom. The molecule has 4 aromatic rings. The number of hydrogen-bond acceptors (Lipinski definition) is 17. The molecule has 0 saturated carbocycles. The summed E-state index contributed by atoms with van der Waals surface area (Å²) in [5, 5.41) is 55.3. The fourth-order valence-corrected chi connectivity index (χ4v) is 13.5. The molecule has 2 aliphatic heterocycles. The maximum absolute atomic E-state index is 14.4. The van der Waals surface area contributed by atoms with Gasteiger partial charge in [-0.25, -0.2) is 0 Å². The van der Waals surface area contributed by atoms with E-state index in [-0.39, 0.29) is 147 Å². The van der Waals surface area contributed by atoms with Gasteiger partial charge in [-0.3, -0.25) is 66.9 Å². The van der Waals surface area contributed by atoms with E-state index in [1.165, 1.54) is 46.2 Å². The van der Waals surface area contributed by atoms with E-state index in [0.29, 0.717) is 16.7 Å². The van der Waals surface area contributed by atoms with E-state index in [0.717, 1.165) is 10.8 Å². The summed E-state index contributed by atoms with van der Waals surface area (Å²) < 4.78 is 38.1. The Morgan fingerprint density at radius 1 is 0.600 bits per heavy atom. The standard InChI is InChI=1S/C57H80N13O16P3.Ga/c58-57(59)61-21-4-8-47-55(79)67-48(31-41-11-14-42-5-1-2-6-44(42)29-41)53(77)63-33-51(75)64-49(30-39-12-17-45(73)18-13-39)56(80)66-46(54(78)65-47)7-3-20-60-52(76)43-15-9-40(10-16-43)32-62-50(74)19-28-87(81,82)34-68-22-24-69(35-88(83,84)37-71)26-27-70(25-23-68)36-89(85,86)38-72;/h1-2,5-6,9-18,29,46-49,73H,3-4,7-8,19-28,30-38H2,(H,60,76)(H,62,74)(H,63,77)(H,64,75)(H,65,78)(H,66,80)(H,67,79)(H,81,82)(H,83,84)(H,85,86)(H4,58,59,61);/q-2;+3/p-1/t46-,47+,48-,49+;/m0./s1/i;1-2. The Labute approximate surface area is 534 Å². The van der Waals surface area contributed by atoms with Crippen LogP contribution in [0.15, 0.2) is 96.0 Å². The smallest absolute Gasteiger partial charge is 0.872 e. The number of aliphatic imine (C=N–C) groups is 1. The predicted octanol–water partition coefficient (Wildman–Crippen LogP) is -3.10. The minimum atomic E-state index is -4.07. The third-order valence-electron chi connectivity index (χ3n) is 14.7. The van der Waals surface area contributed by atoms with Crippen LogP contribution in [0.1, 0.15) is 59.2 Å². The largest absolute Gasteiger partial charge is 3.00 e. The topological polar surface area (TPSA) is 459 Å². The number of guanidine groups is 1. The molecule has 0 spiro atoms. The molecule has 2 heterocycles. The third-order valence-corrected chi connectivity index (χ3v) is 19.0. The molecule has 3 unspecified atom stereocenters. The predicted molar refractivity (Wildman–Crippen MR) is 332 cm³/mol. The van der Waals surface area contributed by atoms with Gasteiger partial charge in [0.15, 0.2) is 20.7 Å². The Morgan fingerprint density at radius 2 is 1.09 bits per heavy atom. The van der Waals surface area contributed by atoms with Gasteiger partial charge >= 0.3 is 19.8 Å². The minimum absolute atomic E-state index is 0. The normalized spacial score (nSPS) is 20.7. The monoisotopic (exact) mass is 1360 g/mol. The van der Waals surface area contributed by atoms with Crippen LogP contribution in [-0.2, 0) is 61.8 Å². The third kappa shape index (κ3) is 25.7. The van der Waals surface area contributed by atoms with Gasteiger partial charge in [-0.15, -0.1) is 5.75 Å². The van der Waals surface area contributed by atoms with Gasteiger partial charge in [0.05, 0.1) is 25.4 Å². The van der Waals surface area contributed by atoms with Crippen LogP contribution in [0.4, 0.5) is 0 Å². The summed E-state index contributed by atoms with van der Waals surface area (Å²) >= 11 is 0. The van der Waals surface area contributed by atoms with Gasteiger partial charge in [-0.05, 0) is 65.3 Å². The second-order valence-electron chi connectivity index (χ2n) is 22.1. The maximum Gasteiger partial charge on any atom is 3.00 e. The first-order valence-corrected chi connectivity index (χ1v) is 35.0. The van der Waals surface area contributed by atoms with Crippen molar-refractivity contribution in [3.05, 3.63) is 113 Å². The van der Waals surface area contributed by atoms with E-state index in [9.17, 15) is 77.3 Å². The van der Waals surface area contributed by atoms with Crippen LogP contribution >= 0.6 is 22.1 Å². The van der Waals surface area contributed by atoms with Gasteiger partial charge in [0, 0.05) is 89.9 Å². The van der Waals surface area contributed by atoms with Crippen molar-refractivity contribution in [2.75, 3.05) is 96.6 Å². The zero-order valence-corrected chi connectivity index (χ0v) is 54.9. The van der Waals surface area contributed by atoms with Crippen molar-refractivity contribution < 1.29 is 77.3 Å². The molecule has 486 valence electrons. The van der Waals surface area contributed by atoms with Crippen molar-refractivity contribution in [2.45, 2.75) is 75.7 Å². The number of hydrogen-bond donors (Lipinski definition) is 12. The van der Waals surface area contributed by atoms with Crippen LogP contribution in [0.2, 0.25) is 0 Å². The summed E-state index contributed by atoms with van der Waals surface area (Å²) in [6.45, 7) is 0.250. The van der Waals surface area contributed by atoms with Gasteiger partial charge in [-0.2, -0.15) is 0 Å². The molecule has 6 rings (SSSR count). The summed E-state index contributed by atoms with van der Waals surface area (Å²) in [7, 11) is -12.1. The van der Waals surface area contributed by atoms with E-state index in [1.807, 2.05) is 36.4 Å². The molecule has 0 bridgehead atoms. The van der Waals surface area contributed by atoms with Crippen molar-refractivity contribution >= 4 is 100.0 Å². The Kier molecular flexibility index (Phi) is 29.6. The summed E-state index contributed by atoms with van der Waals surface area (Å²) in [4.78, 5) is 136. The molecule has 7 atom stereocenters. The molecule has 0 aliphatic carbocycles. The van der Waals surface area contributed by atoms with Crippen molar-refractivity contribution in [3.8, 4) is 5.75 Å². The van der Waals surface area contributed by atoms with Gasteiger partial charge in [0.2, 0.25) is 42.8 Å². The molecule has 90 heavy (non-hydrogen) atoms. The van der Waals surface area contributed by atoms with Crippen LogP contribution in [0, 0.1) is 0 Å². The number of nitrogens with one attached hydrogen (secondary N) is 7. The number of amides is 7. The molecule has 14 N–H and O–H groups in total. The molecule has 7 amide bonds. The Bertz CT molecular complexity index is 3240. The van der Waals surface area contributed by atoms with E-state index in [1.54, 1.807) is 23.1 Å². The molecule has 29 nitrogen and oxygen atoms in total. The maximum atomic E-state index is 14.4. The zero-order valence-electron chi connectivity index (χ0n) is 49.7. The summed E-state index contributed by atoms with van der Waals surface area (Å²) in [6.07, 6.45) is -4.42. The van der Waals surface area contributed by atoms with Crippen LogP contribution in [0.3, 0.4) is 0 Å². The number of nitrogens with zero attached hydrogens (tertiary/aromatic N) is 4. The molecule has 2 saturated heterocycles. The summed E-state index contributed by atoms with van der Waals surface area (Å²) in [5.41, 5.74) is 13.1. The van der Waals surface area contributed by atoms with E-state index in [2.05, 4.69) is 42.2 Å². The van der Waals surface area contributed by atoms with Crippen LogP contribution in [0.5, 0.6) is 5.75 Å². The molecule has 2 fully saturated rings. The van der Waals surface area contributed by atoms with Crippen molar-refractivity contribution in [1.29, 1.82) is 0 Å². The van der Waals surface area contributed by atoms with E-state index < -0.39 is 126 Å². The van der Waals surface area contributed by atoms with Crippen molar-refractivity contribution in [2.24, 2.45) is 16.5 Å². The van der Waals surface area contributed by atoms with Crippen LogP contribution < -0.4 is 64.0 Å². The second-order valence-corrected chi connectivity index (χ2v) is 29.0. The number of carbonyl (C=O) groups excluding carboxylic acids is 7. The summed E-state index contributed by atoms with van der Waals surface area (Å²) in [6, 6.07) is 19.6. The minimum Gasteiger partial charge on any atom is -0.872 e. The SMILES string of the molecule is NC(N)=NCCC[C@H]1NC(=O)[C@H](CCCNC(=O)c2ccc(CNC(=O)CCP(=O)(O)CN3CCN(CP(=O)(O)C[O-])CCN(CP(=O)(O)C[O-])CC3)cc2)NC(=O)[C@@H](Cc2ccc([O-])cc2)NC(=O)CNC(=O)[C@H](Cc2ccc3ccccc3c2)NC1=O.[68Ga+3]. The number of fused-ring (bicyclic) bond motifs is 1. The Balaban J connectivity index is 0.0000147. The fourth-order valence-electron chi connectivity index (χ4n) is 9.92. The zero-order chi connectivity index (χ0) is 64.7. The molecular formula is C57H79GaN13O16P3. The molecular weight excluding hydrogens is 1280 g/mol. The first-order valence-electron chi connectivity index (χ1n) is 28.9. The molecule has 2 aliphatic rings.